The summed E-state index contributed by atoms with van der Waals surface area (Å²) < 4.78 is 19.1. The standard InChI is InChI=1S/C17H13FN2O2/c1-19-17(21)22-12-8-6-11(7-9-12)16-10-14(18)13-4-2-3-5-15(13)20-16/h2-10H,1H3,(H,19,21). The Balaban J connectivity index is 1.95. The second kappa shape index (κ2) is 5.81. The topological polar surface area (TPSA) is 51.2 Å². The van der Waals surface area contributed by atoms with Crippen LogP contribution >= 0.6 is 0 Å². The molecule has 0 aliphatic carbocycles. The minimum absolute atomic E-state index is 0.314. The first-order chi connectivity index (χ1) is 10.7. The molecule has 22 heavy (non-hydrogen) atoms. The van der Waals surface area contributed by atoms with Crippen LogP contribution in [0.1, 0.15) is 0 Å². The van der Waals surface area contributed by atoms with Crippen molar-refractivity contribution in [3.05, 3.63) is 60.4 Å². The van der Waals surface area contributed by atoms with Crippen LogP contribution in [0.4, 0.5) is 9.18 Å². The Morgan fingerprint density at radius 2 is 1.86 bits per heavy atom. The predicted molar refractivity (Wildman–Crippen MR) is 82.2 cm³/mol. The van der Waals surface area contributed by atoms with Crippen LogP contribution in [0, 0.1) is 5.82 Å². The fourth-order valence-electron chi connectivity index (χ4n) is 2.13. The summed E-state index contributed by atoms with van der Waals surface area (Å²) in [7, 11) is 1.48. The highest BCUT2D eigenvalue weighted by molar-refractivity contribution is 5.82. The van der Waals surface area contributed by atoms with Crippen LogP contribution in [0.5, 0.6) is 5.75 Å². The number of carbonyl (C=O) groups is 1. The van der Waals surface area contributed by atoms with Crippen LogP contribution in [-0.2, 0) is 0 Å². The van der Waals surface area contributed by atoms with Crippen molar-refractivity contribution in [1.29, 1.82) is 0 Å². The van der Waals surface area contributed by atoms with E-state index in [1.807, 2.05) is 6.07 Å². The number of hydrogen-bond donors (Lipinski definition) is 1. The zero-order chi connectivity index (χ0) is 15.5. The highest BCUT2D eigenvalue weighted by Gasteiger charge is 2.08. The first-order valence-electron chi connectivity index (χ1n) is 6.72. The largest absolute Gasteiger partial charge is 0.412 e. The number of halogens is 1. The van der Waals surface area contributed by atoms with Gasteiger partial charge in [0.05, 0.1) is 11.2 Å². The van der Waals surface area contributed by atoms with E-state index in [0.717, 1.165) is 5.56 Å². The molecular formula is C17H13FN2O2. The number of amides is 1. The van der Waals surface area contributed by atoms with Gasteiger partial charge in [-0.05, 0) is 36.4 Å². The molecule has 0 unspecified atom stereocenters. The lowest BCUT2D eigenvalue weighted by Gasteiger charge is -2.06. The molecule has 0 aliphatic heterocycles. The number of nitrogens with one attached hydrogen (secondary N) is 1. The number of nitrogens with zero attached hydrogens (tertiary/aromatic N) is 1. The third kappa shape index (κ3) is 2.74. The Kier molecular flexibility index (Phi) is 3.70. The van der Waals surface area contributed by atoms with Gasteiger partial charge < -0.3 is 10.1 Å². The maximum atomic E-state index is 14.1. The molecule has 1 N–H and O–H groups in total. The molecule has 5 heteroatoms. The van der Waals surface area contributed by atoms with E-state index in [-0.39, 0.29) is 5.82 Å². The molecule has 0 bridgehead atoms. The molecule has 4 nitrogen and oxygen atoms in total. The van der Waals surface area contributed by atoms with Crippen LogP contribution < -0.4 is 10.1 Å². The minimum Gasteiger partial charge on any atom is -0.410 e. The Morgan fingerprint density at radius 1 is 1.14 bits per heavy atom. The fraction of sp³-hybridized carbons (Fsp3) is 0.0588. The molecule has 0 atom stereocenters. The van der Waals surface area contributed by atoms with Crippen molar-refractivity contribution in [1.82, 2.24) is 10.3 Å². The Morgan fingerprint density at radius 3 is 2.59 bits per heavy atom. The summed E-state index contributed by atoms with van der Waals surface area (Å²) in [4.78, 5) is 15.6. The van der Waals surface area contributed by atoms with Crippen LogP contribution in [0.25, 0.3) is 22.2 Å². The normalized spacial score (nSPS) is 10.5. The van der Waals surface area contributed by atoms with Gasteiger partial charge in [0.1, 0.15) is 11.6 Å². The molecule has 1 heterocycles. The maximum Gasteiger partial charge on any atom is 0.412 e. The summed E-state index contributed by atoms with van der Waals surface area (Å²) in [5, 5.41) is 2.86. The lowest BCUT2D eigenvalue weighted by atomic mass is 10.1. The van der Waals surface area contributed by atoms with Gasteiger partial charge in [0.25, 0.3) is 0 Å². The smallest absolute Gasteiger partial charge is 0.410 e. The molecule has 0 radical (unpaired) electrons. The van der Waals surface area contributed by atoms with Crippen LogP contribution in [0.3, 0.4) is 0 Å². The molecule has 1 amide bonds. The summed E-state index contributed by atoms with van der Waals surface area (Å²) in [5.74, 6) is 0.0932. The van der Waals surface area contributed by atoms with Crippen molar-refractivity contribution in [3.63, 3.8) is 0 Å². The average molecular weight is 296 g/mol. The van der Waals surface area contributed by atoms with Crippen molar-refractivity contribution >= 4 is 17.0 Å². The fourth-order valence-corrected chi connectivity index (χ4v) is 2.13. The Labute approximate surface area is 126 Å². The average Bonchev–Trinajstić information content (AvgIpc) is 2.55. The lowest BCUT2D eigenvalue weighted by molar-refractivity contribution is 0.203. The number of aromatic nitrogens is 1. The molecule has 0 spiro atoms. The molecule has 0 saturated carbocycles. The van der Waals surface area contributed by atoms with Gasteiger partial charge in [-0.15, -0.1) is 0 Å². The third-order valence-electron chi connectivity index (χ3n) is 3.23. The zero-order valence-corrected chi connectivity index (χ0v) is 11.8. The number of pyridine rings is 1. The summed E-state index contributed by atoms with van der Waals surface area (Å²) in [6.07, 6.45) is -0.539. The highest BCUT2D eigenvalue weighted by Crippen LogP contribution is 2.25. The van der Waals surface area contributed by atoms with E-state index in [2.05, 4.69) is 10.3 Å². The molecule has 2 aromatic carbocycles. The van der Waals surface area contributed by atoms with E-state index in [0.29, 0.717) is 22.3 Å². The number of fused-ring (bicyclic) bond motifs is 1. The number of hydrogen-bond acceptors (Lipinski definition) is 3. The van der Waals surface area contributed by atoms with Crippen molar-refractivity contribution in [2.45, 2.75) is 0 Å². The molecule has 110 valence electrons. The van der Waals surface area contributed by atoms with Crippen molar-refractivity contribution < 1.29 is 13.9 Å². The van der Waals surface area contributed by atoms with Gasteiger partial charge in [-0.2, -0.15) is 0 Å². The summed E-state index contributed by atoms with van der Waals surface area (Å²) in [5.41, 5.74) is 1.87. The van der Waals surface area contributed by atoms with Crippen LogP contribution in [0.15, 0.2) is 54.6 Å². The second-order valence-electron chi connectivity index (χ2n) is 4.67. The highest BCUT2D eigenvalue weighted by atomic mass is 19.1. The number of ether oxygens (including phenoxy) is 1. The summed E-state index contributed by atoms with van der Waals surface area (Å²) in [6.45, 7) is 0. The number of carbonyl (C=O) groups excluding carboxylic acids is 1. The lowest BCUT2D eigenvalue weighted by Crippen LogP contribution is -2.21. The van der Waals surface area contributed by atoms with Gasteiger partial charge in [-0.1, -0.05) is 12.1 Å². The maximum absolute atomic E-state index is 14.1. The predicted octanol–water partition coefficient (Wildman–Crippen LogP) is 3.76. The Bertz CT molecular complexity index is 832. The molecule has 1 aromatic heterocycles. The van der Waals surface area contributed by atoms with E-state index in [1.54, 1.807) is 42.5 Å². The summed E-state index contributed by atoms with van der Waals surface area (Å²) in [6, 6.07) is 15.2. The molecule has 0 fully saturated rings. The van der Waals surface area contributed by atoms with E-state index in [9.17, 15) is 9.18 Å². The monoisotopic (exact) mass is 296 g/mol. The number of para-hydroxylation sites is 1. The van der Waals surface area contributed by atoms with E-state index >= 15 is 0 Å². The number of rotatable bonds is 2. The molecular weight excluding hydrogens is 283 g/mol. The minimum atomic E-state index is -0.539. The van der Waals surface area contributed by atoms with Gasteiger partial charge in [0.2, 0.25) is 0 Å². The SMILES string of the molecule is CNC(=O)Oc1ccc(-c2cc(F)c3ccccc3n2)cc1. The quantitative estimate of drug-likeness (QED) is 0.783. The van der Waals surface area contributed by atoms with Gasteiger partial charge in [0, 0.05) is 24.1 Å². The third-order valence-corrected chi connectivity index (χ3v) is 3.23. The van der Waals surface area contributed by atoms with E-state index in [4.69, 9.17) is 4.74 Å². The molecule has 3 rings (SSSR count). The zero-order valence-electron chi connectivity index (χ0n) is 11.8. The van der Waals surface area contributed by atoms with Crippen LogP contribution in [-0.4, -0.2) is 18.1 Å². The first-order valence-corrected chi connectivity index (χ1v) is 6.72. The molecule has 0 aliphatic rings. The van der Waals surface area contributed by atoms with E-state index in [1.165, 1.54) is 13.1 Å². The molecule has 0 saturated heterocycles. The van der Waals surface area contributed by atoms with Gasteiger partial charge >= 0.3 is 6.09 Å². The first kappa shape index (κ1) is 14.0. The Hall–Kier alpha value is -2.95. The molecule has 3 aromatic rings. The second-order valence-corrected chi connectivity index (χ2v) is 4.67. The van der Waals surface area contributed by atoms with Crippen molar-refractivity contribution in [2.75, 3.05) is 7.05 Å². The van der Waals surface area contributed by atoms with Gasteiger partial charge in [0.15, 0.2) is 0 Å². The number of benzene rings is 2. The van der Waals surface area contributed by atoms with Gasteiger partial charge in [-0.25, -0.2) is 14.2 Å². The van der Waals surface area contributed by atoms with Crippen LogP contribution in [0.2, 0.25) is 0 Å². The van der Waals surface area contributed by atoms with Crippen molar-refractivity contribution in [2.24, 2.45) is 0 Å². The van der Waals surface area contributed by atoms with Gasteiger partial charge in [-0.3, -0.25) is 0 Å². The van der Waals surface area contributed by atoms with Crippen molar-refractivity contribution in [3.8, 4) is 17.0 Å². The van der Waals surface area contributed by atoms with E-state index < -0.39 is 6.09 Å². The summed E-state index contributed by atoms with van der Waals surface area (Å²) >= 11 is 0.